The number of hydrogen-bond acceptors (Lipinski definition) is 4. The first-order chi connectivity index (χ1) is 20.0. The maximum Gasteiger partial charge on any atom is 0.264 e. The molecule has 1 saturated carbocycles. The van der Waals surface area contributed by atoms with Crippen LogP contribution in [0.5, 0.6) is 0 Å². The van der Waals surface area contributed by atoms with Crippen LogP contribution in [-0.4, -0.2) is 43.8 Å². The van der Waals surface area contributed by atoms with Gasteiger partial charge in [0.05, 0.1) is 20.6 Å². The van der Waals surface area contributed by atoms with Crippen LogP contribution in [0.4, 0.5) is 5.69 Å². The number of nitrogens with zero attached hydrogens (tertiary/aromatic N) is 2. The molecule has 0 aromatic heterocycles. The van der Waals surface area contributed by atoms with E-state index in [0.717, 1.165) is 46.7 Å². The van der Waals surface area contributed by atoms with Crippen LogP contribution < -0.4 is 9.62 Å². The van der Waals surface area contributed by atoms with Crippen molar-refractivity contribution in [3.8, 4) is 0 Å². The molecule has 10 heteroatoms. The summed E-state index contributed by atoms with van der Waals surface area (Å²) in [6.07, 6.45) is 4.31. The lowest BCUT2D eigenvalue weighted by Gasteiger charge is -2.34. The molecule has 1 fully saturated rings. The maximum absolute atomic E-state index is 14.2. The van der Waals surface area contributed by atoms with Crippen molar-refractivity contribution in [3.63, 3.8) is 0 Å². The van der Waals surface area contributed by atoms with E-state index in [0.29, 0.717) is 6.42 Å². The van der Waals surface area contributed by atoms with Crippen molar-refractivity contribution < 1.29 is 18.0 Å². The van der Waals surface area contributed by atoms with Gasteiger partial charge in [-0.3, -0.25) is 13.9 Å². The Bertz CT molecular complexity index is 1520. The van der Waals surface area contributed by atoms with Gasteiger partial charge in [0.15, 0.2) is 0 Å². The number of halogens is 2. The molecule has 0 radical (unpaired) electrons. The van der Waals surface area contributed by atoms with Gasteiger partial charge in [0.1, 0.15) is 12.6 Å². The summed E-state index contributed by atoms with van der Waals surface area (Å²) in [5.74, 6) is -0.734. The molecule has 1 unspecified atom stereocenters. The molecule has 4 rings (SSSR count). The van der Waals surface area contributed by atoms with Crippen molar-refractivity contribution in [2.24, 2.45) is 0 Å². The van der Waals surface area contributed by atoms with Crippen LogP contribution in [0.1, 0.15) is 55.7 Å². The van der Waals surface area contributed by atoms with Gasteiger partial charge in [-0.1, -0.05) is 84.9 Å². The molecule has 1 aliphatic carbocycles. The van der Waals surface area contributed by atoms with E-state index in [1.54, 1.807) is 12.1 Å². The number of hydrogen-bond donors (Lipinski definition) is 1. The van der Waals surface area contributed by atoms with Crippen molar-refractivity contribution in [2.45, 2.75) is 76.4 Å². The molecule has 0 saturated heterocycles. The predicted octanol–water partition coefficient (Wildman–Crippen LogP) is 6.67. The van der Waals surface area contributed by atoms with Crippen molar-refractivity contribution in [2.75, 3.05) is 10.8 Å². The first-order valence-corrected chi connectivity index (χ1v) is 16.4. The van der Waals surface area contributed by atoms with Crippen molar-refractivity contribution >= 4 is 50.7 Å². The van der Waals surface area contributed by atoms with Crippen LogP contribution in [-0.2, 0) is 26.2 Å². The molecule has 1 N–H and O–H groups in total. The van der Waals surface area contributed by atoms with E-state index in [1.807, 2.05) is 45.0 Å². The van der Waals surface area contributed by atoms with Gasteiger partial charge in [-0.15, -0.1) is 0 Å². The minimum absolute atomic E-state index is 0.0310. The molecule has 2 amide bonds. The van der Waals surface area contributed by atoms with E-state index >= 15 is 0 Å². The fourth-order valence-electron chi connectivity index (χ4n) is 5.26. The average Bonchev–Trinajstić information content (AvgIpc) is 3.47. The normalized spacial score (nSPS) is 14.4. The topological polar surface area (TPSA) is 86.8 Å². The van der Waals surface area contributed by atoms with E-state index in [-0.39, 0.29) is 39.1 Å². The molecule has 3 aromatic rings. The smallest absolute Gasteiger partial charge is 0.264 e. The Kier molecular flexibility index (Phi) is 10.6. The van der Waals surface area contributed by atoms with Crippen molar-refractivity contribution in [1.29, 1.82) is 0 Å². The number of carbonyl (C=O) groups is 2. The first-order valence-electron chi connectivity index (χ1n) is 14.2. The SMILES string of the molecule is CCC(C(=O)NC1CCCC1)N(Cc1ccccc1C)C(=O)CN(c1ccc(Cl)c(Cl)c1)S(=O)(=O)c1ccc(C)cc1. The molecule has 1 aliphatic rings. The molecular formula is C32H37Cl2N3O4S. The molecule has 0 bridgehead atoms. The Hall–Kier alpha value is -3.07. The number of carbonyl (C=O) groups excluding carboxylic acids is 2. The van der Waals surface area contributed by atoms with Gasteiger partial charge in [-0.2, -0.15) is 0 Å². The zero-order valence-corrected chi connectivity index (χ0v) is 26.5. The third-order valence-corrected chi connectivity index (χ3v) is 10.3. The van der Waals surface area contributed by atoms with Gasteiger partial charge in [-0.05, 0) is 74.6 Å². The molecule has 0 spiro atoms. The standard InChI is InChI=1S/C32H37Cl2N3O4S/c1-4-30(32(39)35-25-11-7-8-12-25)36(20-24-10-6-5-9-23(24)3)31(38)21-37(26-15-18-28(33)29(34)19-26)42(40,41)27-16-13-22(2)14-17-27/h5-6,9-10,13-19,25,30H,4,7-8,11-12,20-21H2,1-3H3,(H,35,39). The van der Waals surface area contributed by atoms with Gasteiger partial charge in [0.2, 0.25) is 11.8 Å². The van der Waals surface area contributed by atoms with Crippen molar-refractivity contribution in [3.05, 3.63) is 93.5 Å². The lowest BCUT2D eigenvalue weighted by atomic mass is 10.1. The van der Waals surface area contributed by atoms with Crippen LogP contribution in [0.2, 0.25) is 10.0 Å². The summed E-state index contributed by atoms with van der Waals surface area (Å²) >= 11 is 12.4. The second-order valence-electron chi connectivity index (χ2n) is 10.8. The molecular weight excluding hydrogens is 593 g/mol. The third kappa shape index (κ3) is 7.46. The largest absolute Gasteiger partial charge is 0.352 e. The Morgan fingerprint density at radius 3 is 2.24 bits per heavy atom. The molecule has 224 valence electrons. The number of anilines is 1. The second kappa shape index (κ2) is 13.9. The summed E-state index contributed by atoms with van der Waals surface area (Å²) in [5, 5.41) is 3.55. The monoisotopic (exact) mass is 629 g/mol. The minimum Gasteiger partial charge on any atom is -0.352 e. The Labute approximate surface area is 258 Å². The van der Waals surface area contributed by atoms with Crippen LogP contribution in [0.25, 0.3) is 0 Å². The fraction of sp³-hybridized carbons (Fsp3) is 0.375. The summed E-state index contributed by atoms with van der Waals surface area (Å²) in [4.78, 5) is 29.4. The third-order valence-electron chi connectivity index (χ3n) is 7.77. The summed E-state index contributed by atoms with van der Waals surface area (Å²) in [7, 11) is -4.20. The number of aryl methyl sites for hydroxylation is 2. The highest BCUT2D eigenvalue weighted by atomic mass is 35.5. The summed E-state index contributed by atoms with van der Waals surface area (Å²) in [6, 6.07) is 17.8. The second-order valence-corrected chi connectivity index (χ2v) is 13.5. The number of rotatable bonds is 11. The maximum atomic E-state index is 14.2. The average molecular weight is 631 g/mol. The lowest BCUT2D eigenvalue weighted by Crippen LogP contribution is -2.53. The lowest BCUT2D eigenvalue weighted by molar-refractivity contribution is -0.140. The van der Waals surface area contributed by atoms with E-state index in [9.17, 15) is 18.0 Å². The first kappa shape index (κ1) is 31.9. The van der Waals surface area contributed by atoms with E-state index in [2.05, 4.69) is 5.32 Å². The Morgan fingerprint density at radius 1 is 0.952 bits per heavy atom. The van der Waals surface area contributed by atoms with Gasteiger partial charge in [0.25, 0.3) is 10.0 Å². The summed E-state index contributed by atoms with van der Waals surface area (Å²) in [6.45, 7) is 5.29. The summed E-state index contributed by atoms with van der Waals surface area (Å²) < 4.78 is 29.1. The zero-order chi connectivity index (χ0) is 30.4. The minimum atomic E-state index is -4.20. The molecule has 0 aliphatic heterocycles. The molecule has 1 atom stereocenters. The highest BCUT2D eigenvalue weighted by molar-refractivity contribution is 7.92. The van der Waals surface area contributed by atoms with Crippen molar-refractivity contribution in [1.82, 2.24) is 10.2 Å². The molecule has 0 heterocycles. The molecule has 42 heavy (non-hydrogen) atoms. The van der Waals surface area contributed by atoms with Crippen LogP contribution in [0, 0.1) is 13.8 Å². The zero-order valence-electron chi connectivity index (χ0n) is 24.1. The van der Waals surface area contributed by atoms with Crippen LogP contribution in [0.3, 0.4) is 0 Å². The Morgan fingerprint density at radius 2 is 1.62 bits per heavy atom. The highest BCUT2D eigenvalue weighted by Gasteiger charge is 2.35. The molecule has 3 aromatic carbocycles. The van der Waals surface area contributed by atoms with E-state index in [1.165, 1.54) is 35.2 Å². The quantitative estimate of drug-likeness (QED) is 0.256. The summed E-state index contributed by atoms with van der Waals surface area (Å²) in [5.41, 5.74) is 2.93. The van der Waals surface area contributed by atoms with Crippen LogP contribution in [0.15, 0.2) is 71.6 Å². The highest BCUT2D eigenvalue weighted by Crippen LogP contribution is 2.31. The molecule has 7 nitrogen and oxygen atoms in total. The van der Waals surface area contributed by atoms with Crippen LogP contribution >= 0.6 is 23.2 Å². The fourth-order valence-corrected chi connectivity index (χ4v) is 6.96. The van der Waals surface area contributed by atoms with Gasteiger partial charge >= 0.3 is 0 Å². The number of benzene rings is 3. The Balaban J connectivity index is 1.74. The van der Waals surface area contributed by atoms with E-state index < -0.39 is 28.5 Å². The predicted molar refractivity (Wildman–Crippen MR) is 168 cm³/mol. The van der Waals surface area contributed by atoms with Gasteiger partial charge < -0.3 is 10.2 Å². The number of amides is 2. The van der Waals surface area contributed by atoms with Gasteiger partial charge in [-0.25, -0.2) is 8.42 Å². The number of nitrogens with one attached hydrogen (secondary N) is 1. The number of sulfonamides is 1. The van der Waals surface area contributed by atoms with E-state index in [4.69, 9.17) is 23.2 Å². The van der Waals surface area contributed by atoms with Gasteiger partial charge in [0, 0.05) is 12.6 Å².